The normalized spacial score (nSPS) is 13.7. The van der Waals surface area contributed by atoms with Gasteiger partial charge in [0, 0.05) is 12.8 Å². The molecule has 0 heterocycles. The van der Waals surface area contributed by atoms with E-state index in [1.807, 2.05) is 21.1 Å². The summed E-state index contributed by atoms with van der Waals surface area (Å²) in [6.45, 7) is 4.22. The molecule has 0 saturated carbocycles. The maximum absolute atomic E-state index is 12.9. The van der Waals surface area contributed by atoms with Crippen LogP contribution in [-0.2, 0) is 32.7 Å². The number of quaternary nitrogens is 1. The van der Waals surface area contributed by atoms with E-state index in [-0.39, 0.29) is 32.0 Å². The van der Waals surface area contributed by atoms with Crippen molar-refractivity contribution in [2.24, 2.45) is 0 Å². The number of likely N-dealkylation sites (N-methyl/N-ethyl adjacent to an activating group) is 1. The number of carbonyl (C=O) groups excluding carboxylic acids is 2. The molecule has 0 rings (SSSR count). The lowest BCUT2D eigenvalue weighted by atomic mass is 10.0. The Labute approximate surface area is 519 Å². The van der Waals surface area contributed by atoms with Gasteiger partial charge in [-0.3, -0.25) is 18.6 Å². The molecule has 9 nitrogen and oxygen atoms in total. The summed E-state index contributed by atoms with van der Waals surface area (Å²) in [6, 6.07) is 0. The highest BCUT2D eigenvalue weighted by molar-refractivity contribution is 7.47. The molecule has 2 atom stereocenters. The summed E-state index contributed by atoms with van der Waals surface area (Å²) in [5, 5.41) is 0. The summed E-state index contributed by atoms with van der Waals surface area (Å²) in [5.41, 5.74) is 0. The fourth-order valence-corrected chi connectivity index (χ4v) is 10.6. The van der Waals surface area contributed by atoms with Crippen LogP contribution in [0.5, 0.6) is 0 Å². The van der Waals surface area contributed by atoms with E-state index in [0.29, 0.717) is 17.4 Å². The highest BCUT2D eigenvalue weighted by atomic mass is 31.2. The number of hydrogen-bond acceptors (Lipinski definition) is 7. The fraction of sp³-hybridized carbons (Fsp3) is 0.757. The van der Waals surface area contributed by atoms with Crippen LogP contribution in [0.15, 0.2) is 97.2 Å². The first-order valence-corrected chi connectivity index (χ1v) is 36.5. The smallest absolute Gasteiger partial charge is 0.462 e. The van der Waals surface area contributed by atoms with Gasteiger partial charge in [0.1, 0.15) is 19.8 Å². The summed E-state index contributed by atoms with van der Waals surface area (Å²) in [7, 11) is 1.47. The summed E-state index contributed by atoms with van der Waals surface area (Å²) in [6.07, 6.45) is 89.6. The predicted octanol–water partition coefficient (Wildman–Crippen LogP) is 22.7. The maximum atomic E-state index is 12.9. The largest absolute Gasteiger partial charge is 0.472 e. The van der Waals surface area contributed by atoms with Crippen LogP contribution in [0.25, 0.3) is 0 Å². The van der Waals surface area contributed by atoms with Crippen molar-refractivity contribution < 1.29 is 42.1 Å². The number of rotatable bonds is 64. The van der Waals surface area contributed by atoms with Crippen LogP contribution in [-0.4, -0.2) is 74.9 Å². The SMILES string of the molecule is CC/C=C\C/C=C\C/C=C\C/C=C\CCCCCCCCCCCCCCCCCCCCCCCCCCCCCCC(=O)OC(COC(=O)CCCCCCCC/C=C\C/C=C\C/C=C\C/C=C\CC)COP(=O)(O)OCC[N+](C)(C)C. The van der Waals surface area contributed by atoms with Gasteiger partial charge in [0.05, 0.1) is 27.7 Å². The minimum absolute atomic E-state index is 0.0275. The van der Waals surface area contributed by atoms with Crippen LogP contribution >= 0.6 is 7.82 Å². The third kappa shape index (κ3) is 68.0. The number of phosphoric ester groups is 1. The lowest BCUT2D eigenvalue weighted by molar-refractivity contribution is -0.870. The van der Waals surface area contributed by atoms with Gasteiger partial charge in [0.2, 0.25) is 0 Å². The Kier molecular flexibility index (Phi) is 62.1. The highest BCUT2D eigenvalue weighted by Crippen LogP contribution is 2.43. The van der Waals surface area contributed by atoms with Crippen LogP contribution in [0.3, 0.4) is 0 Å². The molecule has 0 radical (unpaired) electrons. The van der Waals surface area contributed by atoms with Gasteiger partial charge >= 0.3 is 19.8 Å². The number of unbranched alkanes of at least 4 members (excludes halogenated alkanes) is 34. The number of carbonyl (C=O) groups is 2. The van der Waals surface area contributed by atoms with Crippen LogP contribution in [0, 0.1) is 0 Å². The second-order valence-electron chi connectivity index (χ2n) is 24.5. The first kappa shape index (κ1) is 80.9. The number of ether oxygens (including phenoxy) is 2. The van der Waals surface area contributed by atoms with Gasteiger partial charge < -0.3 is 18.9 Å². The second-order valence-corrected chi connectivity index (χ2v) is 26.0. The molecule has 0 aromatic carbocycles. The molecule has 84 heavy (non-hydrogen) atoms. The van der Waals surface area contributed by atoms with E-state index in [4.69, 9.17) is 18.5 Å². The summed E-state index contributed by atoms with van der Waals surface area (Å²) < 4.78 is 34.7. The molecule has 1 N–H and O–H groups in total. The van der Waals surface area contributed by atoms with Crippen molar-refractivity contribution in [1.82, 2.24) is 0 Å². The van der Waals surface area contributed by atoms with E-state index in [2.05, 4.69) is 111 Å². The molecule has 0 aromatic heterocycles. The van der Waals surface area contributed by atoms with Crippen molar-refractivity contribution in [2.45, 2.75) is 315 Å². The Balaban J connectivity index is 3.91. The molecule has 0 spiro atoms. The van der Waals surface area contributed by atoms with E-state index in [1.54, 1.807) is 0 Å². The number of nitrogens with zero attached hydrogens (tertiary/aromatic N) is 1. The Bertz CT molecular complexity index is 1740. The van der Waals surface area contributed by atoms with Gasteiger partial charge in [-0.25, -0.2) is 4.57 Å². The van der Waals surface area contributed by atoms with Crippen LogP contribution in [0.4, 0.5) is 0 Å². The molecule has 2 unspecified atom stereocenters. The van der Waals surface area contributed by atoms with E-state index in [9.17, 15) is 19.0 Å². The lowest BCUT2D eigenvalue weighted by Gasteiger charge is -2.24. The third-order valence-corrected chi connectivity index (χ3v) is 16.1. The Morgan fingerprint density at radius 2 is 0.643 bits per heavy atom. The molecule has 0 aliphatic carbocycles. The van der Waals surface area contributed by atoms with E-state index in [0.717, 1.165) is 103 Å². The third-order valence-electron chi connectivity index (χ3n) is 15.1. The topological polar surface area (TPSA) is 108 Å². The number of allylic oxidation sites excluding steroid dienone is 16. The number of phosphoric acid groups is 1. The van der Waals surface area contributed by atoms with Crippen molar-refractivity contribution in [3.8, 4) is 0 Å². The maximum Gasteiger partial charge on any atom is 0.472 e. The van der Waals surface area contributed by atoms with Crippen molar-refractivity contribution >= 4 is 19.8 Å². The average Bonchev–Trinajstić information content (AvgIpc) is 3.61. The molecule has 486 valence electrons. The standard InChI is InChI=1S/C74H132NO8P/c1-6-8-10-12-14-16-18-20-22-24-26-27-28-29-30-31-32-33-34-35-36-37-38-39-40-41-42-43-44-45-46-47-49-51-53-55-57-59-61-63-65-67-74(77)83-72(71-82-84(78,79)81-69-68-75(3,4)5)70-80-73(76)66-64-62-60-58-56-54-52-50-48-25-23-21-19-17-15-13-11-9-7-2/h8-11,14-17,20-23,26-27,48,50,72H,6-7,12-13,18-19,24-25,28-47,49,51-71H2,1-5H3/p+1/b10-8-,11-9-,16-14-,17-15-,22-20-,23-21-,27-26-,50-48-. The zero-order valence-corrected chi connectivity index (χ0v) is 56.3. The van der Waals surface area contributed by atoms with E-state index < -0.39 is 26.5 Å². The molecule has 10 heteroatoms. The van der Waals surface area contributed by atoms with E-state index >= 15 is 0 Å². The molecule has 0 fully saturated rings. The quantitative estimate of drug-likeness (QED) is 0.0211. The lowest BCUT2D eigenvalue weighted by Crippen LogP contribution is -2.37. The molecule has 0 aliphatic rings. The van der Waals surface area contributed by atoms with Gasteiger partial charge in [-0.15, -0.1) is 0 Å². The molecular weight excluding hydrogens is 1060 g/mol. The molecule has 0 amide bonds. The Morgan fingerprint density at radius 1 is 0.369 bits per heavy atom. The second kappa shape index (κ2) is 64.4. The van der Waals surface area contributed by atoms with Crippen LogP contribution < -0.4 is 0 Å². The molecular formula is C74H133NO8P+. The highest BCUT2D eigenvalue weighted by Gasteiger charge is 2.27. The summed E-state index contributed by atoms with van der Waals surface area (Å²) >= 11 is 0. The van der Waals surface area contributed by atoms with Crippen molar-refractivity contribution in [1.29, 1.82) is 0 Å². The zero-order chi connectivity index (χ0) is 61.2. The fourth-order valence-electron chi connectivity index (χ4n) is 9.83. The Morgan fingerprint density at radius 3 is 0.952 bits per heavy atom. The zero-order valence-electron chi connectivity index (χ0n) is 55.4. The minimum atomic E-state index is -4.40. The predicted molar refractivity (Wildman–Crippen MR) is 362 cm³/mol. The van der Waals surface area contributed by atoms with Gasteiger partial charge in [-0.05, 0) is 89.9 Å². The van der Waals surface area contributed by atoms with Crippen LogP contribution in [0.1, 0.15) is 309 Å². The van der Waals surface area contributed by atoms with Crippen molar-refractivity contribution in [2.75, 3.05) is 47.5 Å². The van der Waals surface area contributed by atoms with Gasteiger partial charge in [-0.2, -0.15) is 0 Å². The summed E-state index contributed by atoms with van der Waals surface area (Å²) in [4.78, 5) is 35.8. The average molecular weight is 1200 g/mol. The number of esters is 2. The molecule has 0 aromatic rings. The molecule has 0 saturated heterocycles. The van der Waals surface area contributed by atoms with Gasteiger partial charge in [0.15, 0.2) is 6.10 Å². The van der Waals surface area contributed by atoms with Crippen molar-refractivity contribution in [3.63, 3.8) is 0 Å². The van der Waals surface area contributed by atoms with Crippen LogP contribution in [0.2, 0.25) is 0 Å². The Hall–Kier alpha value is -3.07. The first-order chi connectivity index (χ1) is 41.0. The monoisotopic (exact) mass is 1190 g/mol. The first-order valence-electron chi connectivity index (χ1n) is 35.0. The minimum Gasteiger partial charge on any atom is -0.462 e. The van der Waals surface area contributed by atoms with Crippen molar-refractivity contribution in [3.05, 3.63) is 97.2 Å². The van der Waals surface area contributed by atoms with Gasteiger partial charge in [0.25, 0.3) is 0 Å². The molecule has 0 bridgehead atoms. The summed E-state index contributed by atoms with van der Waals surface area (Å²) in [5.74, 6) is -0.805. The number of hydrogen-bond donors (Lipinski definition) is 1. The molecule has 0 aliphatic heterocycles. The van der Waals surface area contributed by atoms with E-state index in [1.165, 1.54) is 173 Å². The van der Waals surface area contributed by atoms with Gasteiger partial charge in [-0.1, -0.05) is 304 Å².